The molecule has 0 aromatic carbocycles. The Hall–Kier alpha value is -0.630. The van der Waals surface area contributed by atoms with Crippen LogP contribution in [0.15, 0.2) is 17.3 Å². The average molecular weight is 281 g/mol. The molecule has 0 bridgehead atoms. The van der Waals surface area contributed by atoms with Crippen molar-refractivity contribution in [1.82, 2.24) is 14.1 Å². The number of nitrogens with zero attached hydrogens (tertiary/aromatic N) is 3. The van der Waals surface area contributed by atoms with Gasteiger partial charge in [-0.2, -0.15) is 9.40 Å². The van der Waals surface area contributed by atoms with Crippen LogP contribution in [0.1, 0.15) is 13.3 Å². The summed E-state index contributed by atoms with van der Waals surface area (Å²) in [5, 5.41) is 4.22. The number of hydrogen-bond donors (Lipinski definition) is 1. The minimum atomic E-state index is -3.42. The van der Waals surface area contributed by atoms with Crippen LogP contribution in [0.2, 0.25) is 0 Å². The number of nitrogens with two attached hydrogens (primary N) is 1. The molecule has 2 N–H and O–H groups in total. The standard InChI is InChI=1S/C9H16N4O2S.ClH/c1-2-13-9(3-5-11-13)16(14,15)12-6-4-8(10)7-12;/h3,5,8H,2,4,6-7,10H2,1H3;1H/t8-;/m1./s1. The highest BCUT2D eigenvalue weighted by Crippen LogP contribution is 2.19. The molecule has 0 unspecified atom stereocenters. The largest absolute Gasteiger partial charge is 0.326 e. The molecular weight excluding hydrogens is 264 g/mol. The average Bonchev–Trinajstić information content (AvgIpc) is 2.85. The van der Waals surface area contributed by atoms with Gasteiger partial charge in [0.05, 0.1) is 6.20 Å². The Morgan fingerprint density at radius 1 is 1.59 bits per heavy atom. The lowest BCUT2D eigenvalue weighted by atomic mass is 10.3. The third-order valence-corrected chi connectivity index (χ3v) is 4.66. The van der Waals surface area contributed by atoms with Gasteiger partial charge in [-0.1, -0.05) is 0 Å². The monoisotopic (exact) mass is 280 g/mol. The molecule has 0 saturated carbocycles. The first-order chi connectivity index (χ1) is 7.55. The van der Waals surface area contributed by atoms with E-state index < -0.39 is 10.0 Å². The number of aryl methyl sites for hydroxylation is 1. The van der Waals surface area contributed by atoms with Crippen LogP contribution >= 0.6 is 12.4 Å². The van der Waals surface area contributed by atoms with E-state index >= 15 is 0 Å². The third-order valence-electron chi connectivity index (χ3n) is 2.77. The van der Waals surface area contributed by atoms with E-state index in [4.69, 9.17) is 5.73 Å². The summed E-state index contributed by atoms with van der Waals surface area (Å²) in [6.07, 6.45) is 2.23. The van der Waals surface area contributed by atoms with Crippen molar-refractivity contribution < 1.29 is 8.42 Å². The molecule has 1 aromatic rings. The van der Waals surface area contributed by atoms with E-state index in [-0.39, 0.29) is 23.5 Å². The van der Waals surface area contributed by atoms with Gasteiger partial charge in [-0.05, 0) is 19.4 Å². The van der Waals surface area contributed by atoms with Gasteiger partial charge in [-0.3, -0.25) is 4.68 Å². The summed E-state index contributed by atoms with van der Waals surface area (Å²) in [5.74, 6) is 0. The zero-order valence-electron chi connectivity index (χ0n) is 9.61. The van der Waals surface area contributed by atoms with Crippen molar-refractivity contribution in [1.29, 1.82) is 0 Å². The lowest BCUT2D eigenvalue weighted by Gasteiger charge is -2.16. The fourth-order valence-corrected chi connectivity index (χ4v) is 3.56. The molecule has 1 aromatic heterocycles. The number of hydrogen-bond acceptors (Lipinski definition) is 4. The van der Waals surface area contributed by atoms with Crippen LogP contribution in [0.3, 0.4) is 0 Å². The molecule has 1 atom stereocenters. The normalized spacial score (nSPS) is 21.4. The van der Waals surface area contributed by atoms with Crippen molar-refractivity contribution in [3.63, 3.8) is 0 Å². The highest BCUT2D eigenvalue weighted by atomic mass is 35.5. The van der Waals surface area contributed by atoms with E-state index in [1.54, 1.807) is 0 Å². The summed E-state index contributed by atoms with van der Waals surface area (Å²) in [6, 6.07) is 1.48. The molecule has 1 fully saturated rings. The predicted molar refractivity (Wildman–Crippen MR) is 66.5 cm³/mol. The number of rotatable bonds is 3. The van der Waals surface area contributed by atoms with Crippen LogP contribution in [0, 0.1) is 0 Å². The zero-order chi connectivity index (χ0) is 11.8. The molecule has 0 aliphatic carbocycles. The van der Waals surface area contributed by atoms with Gasteiger partial charge in [0.1, 0.15) is 0 Å². The Balaban J connectivity index is 0.00000144. The number of aromatic nitrogens is 2. The highest BCUT2D eigenvalue weighted by Gasteiger charge is 2.32. The number of sulfonamides is 1. The SMILES string of the molecule is CCn1nccc1S(=O)(=O)N1CC[C@@H](N)C1.Cl. The van der Waals surface area contributed by atoms with Crippen LogP contribution in [-0.2, 0) is 16.6 Å². The van der Waals surface area contributed by atoms with Crippen molar-refractivity contribution in [3.05, 3.63) is 12.3 Å². The lowest BCUT2D eigenvalue weighted by Crippen LogP contribution is -2.33. The van der Waals surface area contributed by atoms with Gasteiger partial charge >= 0.3 is 0 Å². The topological polar surface area (TPSA) is 81.2 Å². The molecule has 17 heavy (non-hydrogen) atoms. The second kappa shape index (κ2) is 5.34. The molecular formula is C9H17ClN4O2S. The first-order valence-electron chi connectivity index (χ1n) is 5.33. The van der Waals surface area contributed by atoms with Crippen LogP contribution in [0.5, 0.6) is 0 Å². The Bertz CT molecular complexity index is 473. The van der Waals surface area contributed by atoms with Crippen LogP contribution in [-0.4, -0.2) is 41.6 Å². The summed E-state index contributed by atoms with van der Waals surface area (Å²) in [7, 11) is -3.42. The molecule has 2 heterocycles. The molecule has 0 radical (unpaired) electrons. The van der Waals surface area contributed by atoms with Gasteiger partial charge < -0.3 is 5.73 Å². The molecule has 98 valence electrons. The molecule has 0 spiro atoms. The number of halogens is 1. The van der Waals surface area contributed by atoms with Gasteiger partial charge in [0, 0.05) is 25.7 Å². The van der Waals surface area contributed by atoms with Gasteiger partial charge in [0.25, 0.3) is 10.0 Å². The Kier molecular flexibility index (Phi) is 4.54. The molecule has 8 heteroatoms. The minimum absolute atomic E-state index is 0. The molecule has 0 amide bonds. The van der Waals surface area contributed by atoms with Crippen molar-refractivity contribution in [2.45, 2.75) is 31.0 Å². The summed E-state index contributed by atoms with van der Waals surface area (Å²) < 4.78 is 27.4. The lowest BCUT2D eigenvalue weighted by molar-refractivity contribution is 0.457. The highest BCUT2D eigenvalue weighted by molar-refractivity contribution is 7.89. The molecule has 6 nitrogen and oxygen atoms in total. The maximum absolute atomic E-state index is 12.2. The zero-order valence-corrected chi connectivity index (χ0v) is 11.2. The second-order valence-electron chi connectivity index (χ2n) is 3.90. The van der Waals surface area contributed by atoms with E-state index in [0.29, 0.717) is 19.6 Å². The van der Waals surface area contributed by atoms with E-state index in [2.05, 4.69) is 5.10 Å². The summed E-state index contributed by atoms with van der Waals surface area (Å²) in [5.41, 5.74) is 5.72. The van der Waals surface area contributed by atoms with Gasteiger partial charge in [-0.15, -0.1) is 12.4 Å². The quantitative estimate of drug-likeness (QED) is 0.848. The van der Waals surface area contributed by atoms with Crippen LogP contribution in [0.25, 0.3) is 0 Å². The predicted octanol–water partition coefficient (Wildman–Crippen LogP) is 0.0465. The van der Waals surface area contributed by atoms with Gasteiger partial charge in [-0.25, -0.2) is 8.42 Å². The third kappa shape index (κ3) is 2.62. The van der Waals surface area contributed by atoms with Gasteiger partial charge in [0.2, 0.25) is 0 Å². The molecule has 1 saturated heterocycles. The van der Waals surface area contributed by atoms with E-state index in [1.807, 2.05) is 6.92 Å². The van der Waals surface area contributed by atoms with E-state index in [1.165, 1.54) is 21.3 Å². The fourth-order valence-electron chi connectivity index (χ4n) is 1.88. The van der Waals surface area contributed by atoms with Crippen molar-refractivity contribution in [3.8, 4) is 0 Å². The van der Waals surface area contributed by atoms with E-state index in [9.17, 15) is 8.42 Å². The maximum atomic E-state index is 12.2. The smallest absolute Gasteiger partial charge is 0.260 e. The van der Waals surface area contributed by atoms with Crippen molar-refractivity contribution in [2.24, 2.45) is 5.73 Å². The fraction of sp³-hybridized carbons (Fsp3) is 0.667. The first-order valence-corrected chi connectivity index (χ1v) is 6.77. The Labute approximate surface area is 107 Å². The second-order valence-corrected chi connectivity index (χ2v) is 5.78. The van der Waals surface area contributed by atoms with Crippen molar-refractivity contribution >= 4 is 22.4 Å². The molecule has 1 aliphatic rings. The summed E-state index contributed by atoms with van der Waals surface area (Å²) in [4.78, 5) is 0. The first kappa shape index (κ1) is 14.4. The Morgan fingerprint density at radius 3 is 2.82 bits per heavy atom. The summed E-state index contributed by atoms with van der Waals surface area (Å²) >= 11 is 0. The van der Waals surface area contributed by atoms with Crippen LogP contribution < -0.4 is 5.73 Å². The molecule has 2 rings (SSSR count). The minimum Gasteiger partial charge on any atom is -0.326 e. The summed E-state index contributed by atoms with van der Waals surface area (Å²) in [6.45, 7) is 3.30. The van der Waals surface area contributed by atoms with E-state index in [0.717, 1.165) is 6.42 Å². The van der Waals surface area contributed by atoms with Crippen LogP contribution in [0.4, 0.5) is 0 Å². The van der Waals surface area contributed by atoms with Gasteiger partial charge in [0.15, 0.2) is 5.03 Å². The molecule has 1 aliphatic heterocycles. The van der Waals surface area contributed by atoms with Crippen molar-refractivity contribution in [2.75, 3.05) is 13.1 Å². The maximum Gasteiger partial charge on any atom is 0.260 e. The Morgan fingerprint density at radius 2 is 2.29 bits per heavy atom.